The molecule has 2 aromatic rings. The van der Waals surface area contributed by atoms with E-state index in [0.717, 1.165) is 5.56 Å². The van der Waals surface area contributed by atoms with E-state index >= 15 is 0 Å². The van der Waals surface area contributed by atoms with Crippen molar-refractivity contribution < 1.29 is 12.8 Å². The first kappa shape index (κ1) is 17.8. The van der Waals surface area contributed by atoms with Gasteiger partial charge in [-0.25, -0.2) is 8.42 Å². The number of rotatable bonds is 5. The van der Waals surface area contributed by atoms with Gasteiger partial charge in [0.15, 0.2) is 0 Å². The van der Waals surface area contributed by atoms with E-state index in [2.05, 4.69) is 10.2 Å². The zero-order chi connectivity index (χ0) is 17.9. The summed E-state index contributed by atoms with van der Waals surface area (Å²) in [6.45, 7) is 4.94. The lowest BCUT2D eigenvalue weighted by atomic mass is 9.98. The first-order chi connectivity index (χ1) is 12.0. The molecular weight excluding hydrogens is 338 g/mol. The van der Waals surface area contributed by atoms with Gasteiger partial charge in [0.25, 0.3) is 0 Å². The van der Waals surface area contributed by atoms with Crippen LogP contribution in [-0.2, 0) is 10.0 Å². The highest BCUT2D eigenvalue weighted by Gasteiger charge is 2.30. The van der Waals surface area contributed by atoms with Gasteiger partial charge >= 0.3 is 0 Å². The second-order valence-electron chi connectivity index (χ2n) is 6.56. The van der Waals surface area contributed by atoms with Gasteiger partial charge in [-0.15, -0.1) is 10.2 Å². The van der Waals surface area contributed by atoms with Gasteiger partial charge in [-0.1, -0.05) is 44.2 Å². The predicted molar refractivity (Wildman–Crippen MR) is 96.3 cm³/mol. The number of aromatic nitrogens is 2. The summed E-state index contributed by atoms with van der Waals surface area (Å²) in [6, 6.07) is 9.42. The van der Waals surface area contributed by atoms with Gasteiger partial charge in [0, 0.05) is 30.3 Å². The van der Waals surface area contributed by atoms with E-state index in [4.69, 9.17) is 4.42 Å². The molecule has 1 aliphatic rings. The molecule has 25 heavy (non-hydrogen) atoms. The van der Waals surface area contributed by atoms with E-state index in [9.17, 15) is 8.42 Å². The van der Waals surface area contributed by atoms with Crippen molar-refractivity contribution in [3.05, 3.63) is 53.1 Å². The molecule has 1 aromatic heterocycles. The number of piperidine rings is 1. The molecule has 0 radical (unpaired) electrons. The molecule has 0 N–H and O–H groups in total. The molecule has 3 rings (SSSR count). The topological polar surface area (TPSA) is 76.3 Å². The van der Waals surface area contributed by atoms with E-state index in [1.807, 2.05) is 44.2 Å². The van der Waals surface area contributed by atoms with Crippen molar-refractivity contribution in [2.75, 3.05) is 13.1 Å². The maximum atomic E-state index is 12.5. The zero-order valence-electron chi connectivity index (χ0n) is 14.5. The van der Waals surface area contributed by atoms with Gasteiger partial charge in [0.2, 0.25) is 21.8 Å². The number of benzene rings is 1. The normalized spacial score (nSPS) is 17.6. The van der Waals surface area contributed by atoms with Crippen LogP contribution in [0.4, 0.5) is 0 Å². The third kappa shape index (κ3) is 4.35. The third-order valence-electron chi connectivity index (χ3n) is 4.35. The molecule has 2 heterocycles. The minimum atomic E-state index is -3.41. The molecule has 0 aliphatic carbocycles. The lowest BCUT2D eigenvalue weighted by Gasteiger charge is -2.28. The first-order valence-corrected chi connectivity index (χ1v) is 10.0. The van der Waals surface area contributed by atoms with Crippen LogP contribution in [0.15, 0.2) is 40.2 Å². The molecule has 0 atom stereocenters. The van der Waals surface area contributed by atoms with Gasteiger partial charge < -0.3 is 4.42 Å². The monoisotopic (exact) mass is 361 g/mol. The number of nitrogens with zero attached hydrogens (tertiary/aromatic N) is 3. The van der Waals surface area contributed by atoms with Crippen LogP contribution in [0.3, 0.4) is 0 Å². The molecular formula is C18H23N3O3S. The van der Waals surface area contributed by atoms with Crippen molar-refractivity contribution in [2.24, 2.45) is 0 Å². The van der Waals surface area contributed by atoms with Crippen molar-refractivity contribution in [1.82, 2.24) is 14.5 Å². The summed E-state index contributed by atoms with van der Waals surface area (Å²) < 4.78 is 32.2. The lowest BCUT2D eigenvalue weighted by molar-refractivity contribution is 0.287. The summed E-state index contributed by atoms with van der Waals surface area (Å²) in [7, 11) is -3.41. The average molecular weight is 361 g/mol. The minimum Gasteiger partial charge on any atom is -0.425 e. The van der Waals surface area contributed by atoms with Crippen LogP contribution in [0.5, 0.6) is 0 Å². The van der Waals surface area contributed by atoms with Crippen LogP contribution in [0.1, 0.15) is 55.9 Å². The zero-order valence-corrected chi connectivity index (χ0v) is 15.3. The SMILES string of the molecule is CC(C)c1nnc(C2CCN(S(=O)(=O)C=Cc3ccccc3)CC2)o1. The molecule has 0 saturated carbocycles. The molecule has 7 heteroatoms. The number of sulfonamides is 1. The van der Waals surface area contributed by atoms with Gasteiger partial charge in [-0.3, -0.25) is 0 Å². The Morgan fingerprint density at radius 1 is 1.16 bits per heavy atom. The van der Waals surface area contributed by atoms with Crippen LogP contribution >= 0.6 is 0 Å². The lowest BCUT2D eigenvalue weighted by Crippen LogP contribution is -2.36. The van der Waals surface area contributed by atoms with Gasteiger partial charge in [0.05, 0.1) is 0 Å². The predicted octanol–water partition coefficient (Wildman–Crippen LogP) is 3.37. The number of hydrogen-bond donors (Lipinski definition) is 0. The Morgan fingerprint density at radius 2 is 1.84 bits per heavy atom. The Morgan fingerprint density at radius 3 is 2.44 bits per heavy atom. The standard InChI is InChI=1S/C18H23N3O3S/c1-14(2)17-19-20-18(24-17)16-8-11-21(12-9-16)25(22,23)13-10-15-6-4-3-5-7-15/h3-7,10,13-14,16H,8-9,11-12H2,1-2H3. The molecule has 1 aromatic carbocycles. The smallest absolute Gasteiger partial charge is 0.236 e. The van der Waals surface area contributed by atoms with Gasteiger partial charge in [-0.2, -0.15) is 4.31 Å². The Bertz CT molecular complexity index is 820. The van der Waals surface area contributed by atoms with Crippen LogP contribution in [0.25, 0.3) is 6.08 Å². The highest BCUT2D eigenvalue weighted by Crippen LogP contribution is 2.29. The maximum Gasteiger partial charge on any atom is 0.236 e. The van der Waals surface area contributed by atoms with E-state index in [1.165, 1.54) is 9.71 Å². The van der Waals surface area contributed by atoms with Gasteiger partial charge in [0.1, 0.15) is 0 Å². The van der Waals surface area contributed by atoms with Crippen molar-refractivity contribution in [1.29, 1.82) is 0 Å². The summed E-state index contributed by atoms with van der Waals surface area (Å²) >= 11 is 0. The Kier molecular flexibility index (Phi) is 5.34. The van der Waals surface area contributed by atoms with Crippen molar-refractivity contribution in [3.8, 4) is 0 Å². The van der Waals surface area contributed by atoms with Crippen LogP contribution in [0, 0.1) is 0 Å². The third-order valence-corrected chi connectivity index (χ3v) is 5.91. The van der Waals surface area contributed by atoms with E-state index in [0.29, 0.717) is 37.7 Å². The van der Waals surface area contributed by atoms with Crippen LogP contribution in [0.2, 0.25) is 0 Å². The molecule has 0 spiro atoms. The molecule has 1 saturated heterocycles. The summed E-state index contributed by atoms with van der Waals surface area (Å²) in [5, 5.41) is 9.47. The molecule has 6 nitrogen and oxygen atoms in total. The quantitative estimate of drug-likeness (QED) is 0.816. The van der Waals surface area contributed by atoms with Gasteiger partial charge in [-0.05, 0) is 24.5 Å². The second-order valence-corrected chi connectivity index (χ2v) is 8.38. The Labute approximate surface area is 148 Å². The Hall–Kier alpha value is -1.99. The fraction of sp³-hybridized carbons (Fsp3) is 0.444. The summed E-state index contributed by atoms with van der Waals surface area (Å²) in [6.07, 6.45) is 3.02. The van der Waals surface area contributed by atoms with Crippen molar-refractivity contribution >= 4 is 16.1 Å². The fourth-order valence-corrected chi connectivity index (χ4v) is 4.04. The Balaban J connectivity index is 1.62. The van der Waals surface area contributed by atoms with Crippen molar-refractivity contribution in [3.63, 3.8) is 0 Å². The summed E-state index contributed by atoms with van der Waals surface area (Å²) in [5.74, 6) is 1.59. The first-order valence-electron chi connectivity index (χ1n) is 8.52. The highest BCUT2D eigenvalue weighted by molar-refractivity contribution is 7.92. The average Bonchev–Trinajstić information content (AvgIpc) is 3.12. The van der Waals surface area contributed by atoms with E-state index < -0.39 is 10.0 Å². The van der Waals surface area contributed by atoms with Crippen molar-refractivity contribution in [2.45, 2.75) is 38.5 Å². The van der Waals surface area contributed by atoms with E-state index in [1.54, 1.807) is 6.08 Å². The van der Waals surface area contributed by atoms with Crippen LogP contribution in [-0.4, -0.2) is 36.0 Å². The van der Waals surface area contributed by atoms with Crippen LogP contribution < -0.4 is 0 Å². The molecule has 0 amide bonds. The minimum absolute atomic E-state index is 0.129. The largest absolute Gasteiger partial charge is 0.425 e. The fourth-order valence-electron chi connectivity index (χ4n) is 2.82. The molecule has 1 fully saturated rings. The number of hydrogen-bond acceptors (Lipinski definition) is 5. The van der Waals surface area contributed by atoms with E-state index in [-0.39, 0.29) is 11.8 Å². The summed E-state index contributed by atoms with van der Waals surface area (Å²) in [4.78, 5) is 0. The molecule has 0 unspecified atom stereocenters. The molecule has 1 aliphatic heterocycles. The molecule has 0 bridgehead atoms. The summed E-state index contributed by atoms with van der Waals surface area (Å²) in [5.41, 5.74) is 0.869. The molecule has 134 valence electrons. The second kappa shape index (κ2) is 7.49. The maximum absolute atomic E-state index is 12.5. The highest BCUT2D eigenvalue weighted by atomic mass is 32.2.